The summed E-state index contributed by atoms with van der Waals surface area (Å²) in [5.41, 5.74) is 3.28. The van der Waals surface area contributed by atoms with Gasteiger partial charge in [0.05, 0.1) is 0 Å². The summed E-state index contributed by atoms with van der Waals surface area (Å²) in [6.07, 6.45) is 4.68. The lowest BCUT2D eigenvalue weighted by molar-refractivity contribution is 0.0975. The summed E-state index contributed by atoms with van der Waals surface area (Å²) < 4.78 is 0. The molecule has 0 aliphatic carbocycles. The van der Waals surface area contributed by atoms with Crippen LogP contribution in [0.3, 0.4) is 0 Å². The zero-order chi connectivity index (χ0) is 17.6. The predicted molar refractivity (Wildman–Crippen MR) is 102 cm³/mol. The van der Waals surface area contributed by atoms with Crippen LogP contribution in [0.25, 0.3) is 5.57 Å². The molecule has 0 spiro atoms. The van der Waals surface area contributed by atoms with E-state index in [9.17, 15) is 9.90 Å². The van der Waals surface area contributed by atoms with Gasteiger partial charge in [-0.15, -0.1) is 0 Å². The van der Waals surface area contributed by atoms with Gasteiger partial charge in [0.15, 0.2) is 5.78 Å². The third-order valence-corrected chi connectivity index (χ3v) is 4.83. The third-order valence-electron chi connectivity index (χ3n) is 4.58. The van der Waals surface area contributed by atoms with Crippen LogP contribution in [0.15, 0.2) is 54.6 Å². The first kappa shape index (κ1) is 17.7. The van der Waals surface area contributed by atoms with Crippen LogP contribution in [0.2, 0.25) is 5.02 Å². The summed E-state index contributed by atoms with van der Waals surface area (Å²) in [5.74, 6) is 0.322. The Balaban J connectivity index is 1.45. The number of hydrogen-bond acceptors (Lipinski definition) is 3. The highest BCUT2D eigenvalue weighted by atomic mass is 35.5. The van der Waals surface area contributed by atoms with Crippen molar-refractivity contribution in [1.82, 2.24) is 4.90 Å². The number of hydrogen-bond donors (Lipinski definition) is 1. The van der Waals surface area contributed by atoms with E-state index in [-0.39, 0.29) is 11.5 Å². The summed E-state index contributed by atoms with van der Waals surface area (Å²) in [6.45, 7) is 2.86. The van der Waals surface area contributed by atoms with Crippen molar-refractivity contribution in [2.75, 3.05) is 19.6 Å². The molecule has 0 saturated heterocycles. The molecular weight excluding hydrogens is 334 g/mol. The first-order valence-corrected chi connectivity index (χ1v) is 8.99. The molecule has 2 aromatic rings. The number of Topliss-reactive ketones (excluding diaryl/α,β-unsaturated/α-hetero) is 1. The average Bonchev–Trinajstić information content (AvgIpc) is 2.63. The fraction of sp³-hybridized carbons (Fsp3) is 0.286. The lowest BCUT2D eigenvalue weighted by Gasteiger charge is -2.26. The van der Waals surface area contributed by atoms with E-state index in [0.717, 1.165) is 37.5 Å². The Kier molecular flexibility index (Phi) is 5.90. The third kappa shape index (κ3) is 4.94. The lowest BCUT2D eigenvalue weighted by Crippen LogP contribution is -2.29. The fourth-order valence-corrected chi connectivity index (χ4v) is 3.22. The molecule has 4 heteroatoms. The number of carbonyl (C=O) groups is 1. The topological polar surface area (TPSA) is 40.5 Å². The maximum atomic E-state index is 12.1. The number of aromatic hydroxyl groups is 1. The minimum atomic E-state index is 0.134. The van der Waals surface area contributed by atoms with Crippen molar-refractivity contribution in [3.63, 3.8) is 0 Å². The molecule has 1 N–H and O–H groups in total. The largest absolute Gasteiger partial charge is 0.508 e. The molecule has 0 bridgehead atoms. The van der Waals surface area contributed by atoms with Gasteiger partial charge in [0.25, 0.3) is 0 Å². The second-order valence-corrected chi connectivity index (χ2v) is 6.80. The van der Waals surface area contributed by atoms with Crippen LogP contribution in [0, 0.1) is 0 Å². The molecule has 25 heavy (non-hydrogen) atoms. The number of benzene rings is 2. The van der Waals surface area contributed by atoms with Crippen LogP contribution in [0.5, 0.6) is 5.75 Å². The van der Waals surface area contributed by atoms with Crippen molar-refractivity contribution in [2.45, 2.75) is 19.3 Å². The molecule has 1 aliphatic rings. The zero-order valence-electron chi connectivity index (χ0n) is 14.1. The number of nitrogens with zero attached hydrogens (tertiary/aromatic N) is 1. The van der Waals surface area contributed by atoms with E-state index in [0.29, 0.717) is 12.0 Å². The second-order valence-electron chi connectivity index (χ2n) is 6.36. The summed E-state index contributed by atoms with van der Waals surface area (Å²) in [7, 11) is 0. The van der Waals surface area contributed by atoms with Crippen molar-refractivity contribution in [3.8, 4) is 5.75 Å². The molecule has 3 rings (SSSR count). The first-order chi connectivity index (χ1) is 12.1. The zero-order valence-corrected chi connectivity index (χ0v) is 14.9. The smallest absolute Gasteiger partial charge is 0.162 e. The highest BCUT2D eigenvalue weighted by Gasteiger charge is 2.13. The molecule has 0 amide bonds. The van der Waals surface area contributed by atoms with Gasteiger partial charge in [-0.2, -0.15) is 0 Å². The van der Waals surface area contributed by atoms with Crippen molar-refractivity contribution in [2.24, 2.45) is 0 Å². The van der Waals surface area contributed by atoms with E-state index in [1.807, 2.05) is 12.1 Å². The molecule has 0 aromatic heterocycles. The molecule has 0 atom stereocenters. The molecule has 0 radical (unpaired) electrons. The number of phenolic OH excluding ortho intramolecular Hbond substituents is 1. The molecule has 3 nitrogen and oxygen atoms in total. The molecule has 1 heterocycles. The van der Waals surface area contributed by atoms with E-state index in [4.69, 9.17) is 11.6 Å². The van der Waals surface area contributed by atoms with Crippen LogP contribution >= 0.6 is 11.6 Å². The quantitative estimate of drug-likeness (QED) is 0.757. The van der Waals surface area contributed by atoms with Crippen LogP contribution in [0.4, 0.5) is 0 Å². The summed E-state index contributed by atoms with van der Waals surface area (Å²) >= 11 is 5.94. The van der Waals surface area contributed by atoms with Gasteiger partial charge in [0.2, 0.25) is 0 Å². The molecule has 2 aromatic carbocycles. The van der Waals surface area contributed by atoms with Gasteiger partial charge >= 0.3 is 0 Å². The van der Waals surface area contributed by atoms with Crippen LogP contribution in [-0.2, 0) is 0 Å². The molecule has 0 fully saturated rings. The van der Waals surface area contributed by atoms with E-state index in [1.165, 1.54) is 11.1 Å². The highest BCUT2D eigenvalue weighted by Crippen LogP contribution is 2.24. The Hall–Kier alpha value is -2.10. The van der Waals surface area contributed by atoms with Gasteiger partial charge in [-0.1, -0.05) is 29.8 Å². The highest BCUT2D eigenvalue weighted by molar-refractivity contribution is 6.30. The van der Waals surface area contributed by atoms with Gasteiger partial charge < -0.3 is 5.11 Å². The normalized spacial score (nSPS) is 15.0. The maximum Gasteiger partial charge on any atom is 0.162 e. The Bertz CT molecular complexity index is 750. The summed E-state index contributed by atoms with van der Waals surface area (Å²) in [6, 6.07) is 14.5. The average molecular weight is 356 g/mol. The van der Waals surface area contributed by atoms with Crippen LogP contribution < -0.4 is 0 Å². The van der Waals surface area contributed by atoms with E-state index in [1.54, 1.807) is 24.3 Å². The van der Waals surface area contributed by atoms with Crippen LogP contribution in [0.1, 0.15) is 35.2 Å². The number of rotatable bonds is 6. The van der Waals surface area contributed by atoms with E-state index >= 15 is 0 Å². The lowest BCUT2D eigenvalue weighted by atomic mass is 9.99. The molecule has 0 unspecified atom stereocenters. The Labute approximate surface area is 153 Å². The van der Waals surface area contributed by atoms with Crippen molar-refractivity contribution >= 4 is 23.0 Å². The Morgan fingerprint density at radius 3 is 2.44 bits per heavy atom. The van der Waals surface area contributed by atoms with Crippen molar-refractivity contribution < 1.29 is 9.90 Å². The fourth-order valence-electron chi connectivity index (χ4n) is 3.10. The molecule has 0 saturated carbocycles. The van der Waals surface area contributed by atoms with Gasteiger partial charge in [0.1, 0.15) is 5.75 Å². The standard InChI is InChI=1S/C21H22ClNO2/c22-19-7-3-16(4-8-19)17-11-14-23(15-12-17)13-1-2-21(25)18-5-9-20(24)10-6-18/h3-11,24H,1-2,12-15H2. The van der Waals surface area contributed by atoms with E-state index in [2.05, 4.69) is 23.1 Å². The van der Waals surface area contributed by atoms with E-state index < -0.39 is 0 Å². The van der Waals surface area contributed by atoms with Gasteiger partial charge in [-0.25, -0.2) is 0 Å². The number of ketones is 1. The van der Waals surface area contributed by atoms with Crippen molar-refractivity contribution in [3.05, 3.63) is 70.8 Å². The minimum absolute atomic E-state index is 0.134. The van der Waals surface area contributed by atoms with Gasteiger partial charge in [-0.05, 0) is 66.9 Å². The predicted octanol–water partition coefficient (Wildman–Crippen LogP) is 4.80. The number of halogens is 1. The molecular formula is C21H22ClNO2. The summed E-state index contributed by atoms with van der Waals surface area (Å²) in [4.78, 5) is 14.5. The summed E-state index contributed by atoms with van der Waals surface area (Å²) in [5, 5.41) is 10.0. The maximum absolute atomic E-state index is 12.1. The second kappa shape index (κ2) is 8.32. The first-order valence-electron chi connectivity index (χ1n) is 8.61. The van der Waals surface area contributed by atoms with Crippen molar-refractivity contribution in [1.29, 1.82) is 0 Å². The van der Waals surface area contributed by atoms with Crippen LogP contribution in [-0.4, -0.2) is 35.4 Å². The SMILES string of the molecule is O=C(CCCN1CC=C(c2ccc(Cl)cc2)CC1)c1ccc(O)cc1. The molecule has 130 valence electrons. The van der Waals surface area contributed by atoms with Gasteiger partial charge in [-0.3, -0.25) is 9.69 Å². The monoisotopic (exact) mass is 355 g/mol. The Morgan fingerprint density at radius 1 is 1.08 bits per heavy atom. The number of carbonyl (C=O) groups excluding carboxylic acids is 1. The minimum Gasteiger partial charge on any atom is -0.508 e. The van der Waals surface area contributed by atoms with Gasteiger partial charge in [0, 0.05) is 30.1 Å². The molecule has 1 aliphatic heterocycles. The number of phenols is 1. The Morgan fingerprint density at radius 2 is 1.80 bits per heavy atom.